The summed E-state index contributed by atoms with van der Waals surface area (Å²) in [5, 5.41) is 0. The van der Waals surface area contributed by atoms with E-state index < -0.39 is 38.6 Å². The topological polar surface area (TPSA) is 99.8 Å². The molecule has 0 aliphatic carbocycles. The standard InChI is InChI=1S/C21H25F2N3O5S/c1-12-18(21(28)31-4)13(2)24-19(12)20(27)14(3)25-7-9-26(10-8-25)32(29,30)17-11-15(22)5-6-16(17)23/h5-6,11,14,24H,7-10H2,1-4H3. The molecule has 1 N–H and O–H groups in total. The third-order valence-corrected chi connectivity index (χ3v) is 7.70. The molecule has 32 heavy (non-hydrogen) atoms. The molecule has 0 bridgehead atoms. The van der Waals surface area contributed by atoms with E-state index in [4.69, 9.17) is 4.74 Å². The predicted molar refractivity (Wildman–Crippen MR) is 112 cm³/mol. The number of sulfonamides is 1. The van der Waals surface area contributed by atoms with E-state index in [-0.39, 0.29) is 32.0 Å². The summed E-state index contributed by atoms with van der Waals surface area (Å²) in [5.41, 5.74) is 1.63. The number of ketones is 1. The van der Waals surface area contributed by atoms with Crippen molar-refractivity contribution in [2.75, 3.05) is 33.3 Å². The first-order chi connectivity index (χ1) is 15.0. The number of halogens is 2. The Kier molecular flexibility index (Phi) is 6.82. The van der Waals surface area contributed by atoms with Gasteiger partial charge in [0, 0.05) is 31.9 Å². The Hall–Kier alpha value is -2.63. The van der Waals surface area contributed by atoms with Gasteiger partial charge >= 0.3 is 5.97 Å². The summed E-state index contributed by atoms with van der Waals surface area (Å²) in [7, 11) is -2.94. The van der Waals surface area contributed by atoms with Gasteiger partial charge in [0.15, 0.2) is 5.78 Å². The number of aromatic amines is 1. The number of hydrogen-bond acceptors (Lipinski definition) is 6. The molecule has 11 heteroatoms. The highest BCUT2D eigenvalue weighted by atomic mass is 32.2. The molecule has 8 nitrogen and oxygen atoms in total. The van der Waals surface area contributed by atoms with Gasteiger partial charge in [-0.25, -0.2) is 22.0 Å². The van der Waals surface area contributed by atoms with Crippen molar-refractivity contribution in [2.24, 2.45) is 0 Å². The molecule has 174 valence electrons. The number of methoxy groups -OCH3 is 1. The second-order valence-electron chi connectivity index (χ2n) is 7.67. The molecule has 1 aliphatic rings. The normalized spacial score (nSPS) is 16.7. The number of carbonyl (C=O) groups excluding carboxylic acids is 2. The van der Waals surface area contributed by atoms with Crippen LogP contribution in [0.3, 0.4) is 0 Å². The molecular formula is C21H25F2N3O5S. The summed E-state index contributed by atoms with van der Waals surface area (Å²) in [6.07, 6.45) is 0. The fourth-order valence-electron chi connectivity index (χ4n) is 3.92. The third kappa shape index (κ3) is 4.32. The zero-order valence-corrected chi connectivity index (χ0v) is 19.1. The van der Waals surface area contributed by atoms with Crippen LogP contribution in [0.25, 0.3) is 0 Å². The number of aryl methyl sites for hydroxylation is 1. The van der Waals surface area contributed by atoms with Crippen LogP contribution in [0.15, 0.2) is 23.1 Å². The Morgan fingerprint density at radius 2 is 1.75 bits per heavy atom. The van der Waals surface area contributed by atoms with Gasteiger partial charge in [0.25, 0.3) is 0 Å². The number of hydrogen-bond donors (Lipinski definition) is 1. The number of nitrogens with one attached hydrogen (secondary N) is 1. The third-order valence-electron chi connectivity index (χ3n) is 5.78. The highest BCUT2D eigenvalue weighted by Crippen LogP contribution is 2.24. The molecule has 1 saturated heterocycles. The minimum Gasteiger partial charge on any atom is -0.465 e. The van der Waals surface area contributed by atoms with Crippen LogP contribution in [0.1, 0.15) is 39.0 Å². The Balaban J connectivity index is 1.73. The molecule has 1 fully saturated rings. The summed E-state index contributed by atoms with van der Waals surface area (Å²) < 4.78 is 58.8. The summed E-state index contributed by atoms with van der Waals surface area (Å²) in [6, 6.07) is 1.71. The maximum Gasteiger partial charge on any atom is 0.339 e. The van der Waals surface area contributed by atoms with E-state index in [1.54, 1.807) is 20.8 Å². The van der Waals surface area contributed by atoms with E-state index in [9.17, 15) is 26.8 Å². The summed E-state index contributed by atoms with van der Waals surface area (Å²) in [5.74, 6) is -2.64. The van der Waals surface area contributed by atoms with Gasteiger partial charge in [-0.3, -0.25) is 9.69 Å². The van der Waals surface area contributed by atoms with Crippen molar-refractivity contribution in [3.8, 4) is 0 Å². The van der Waals surface area contributed by atoms with Crippen LogP contribution in [-0.2, 0) is 14.8 Å². The number of nitrogens with zero attached hydrogens (tertiary/aromatic N) is 2. The lowest BCUT2D eigenvalue weighted by Gasteiger charge is -2.36. The first kappa shape index (κ1) is 24.0. The number of rotatable bonds is 6. The lowest BCUT2D eigenvalue weighted by Crippen LogP contribution is -2.53. The predicted octanol–water partition coefficient (Wildman–Crippen LogP) is 2.27. The molecule has 0 amide bonds. The number of esters is 1. The number of carbonyl (C=O) groups is 2. The Labute approximate surface area is 185 Å². The first-order valence-electron chi connectivity index (χ1n) is 10.00. The van der Waals surface area contributed by atoms with Gasteiger partial charge in [-0.05, 0) is 44.5 Å². The number of Topliss-reactive ketones (excluding diaryl/α,β-unsaturated/α-hetero) is 1. The van der Waals surface area contributed by atoms with E-state index in [0.717, 1.165) is 16.4 Å². The minimum absolute atomic E-state index is 0.0199. The Morgan fingerprint density at radius 3 is 2.34 bits per heavy atom. The number of ether oxygens (including phenoxy) is 1. The smallest absolute Gasteiger partial charge is 0.339 e. The van der Waals surface area contributed by atoms with Crippen LogP contribution >= 0.6 is 0 Å². The van der Waals surface area contributed by atoms with Crippen LogP contribution in [0, 0.1) is 25.5 Å². The summed E-state index contributed by atoms with van der Waals surface area (Å²) >= 11 is 0. The molecule has 0 spiro atoms. The van der Waals surface area contributed by atoms with Crippen molar-refractivity contribution in [3.63, 3.8) is 0 Å². The molecule has 1 aromatic heterocycles. The fourth-order valence-corrected chi connectivity index (χ4v) is 5.42. The van der Waals surface area contributed by atoms with Crippen molar-refractivity contribution >= 4 is 21.8 Å². The molecule has 1 aromatic carbocycles. The maximum atomic E-state index is 14.0. The number of benzene rings is 1. The Bertz CT molecular complexity index is 1150. The van der Waals surface area contributed by atoms with Crippen LogP contribution < -0.4 is 0 Å². The van der Waals surface area contributed by atoms with Crippen molar-refractivity contribution in [1.82, 2.24) is 14.2 Å². The molecule has 0 radical (unpaired) electrons. The molecule has 2 heterocycles. The average Bonchev–Trinajstić information content (AvgIpc) is 3.07. The van der Waals surface area contributed by atoms with Crippen molar-refractivity contribution < 1.29 is 31.5 Å². The lowest BCUT2D eigenvalue weighted by molar-refractivity contribution is 0.0599. The lowest BCUT2D eigenvalue weighted by atomic mass is 10.0. The summed E-state index contributed by atoms with van der Waals surface area (Å²) in [4.78, 5) is 29.1. The Morgan fingerprint density at radius 1 is 1.12 bits per heavy atom. The van der Waals surface area contributed by atoms with Gasteiger partial charge in [0.1, 0.15) is 16.5 Å². The van der Waals surface area contributed by atoms with Crippen LogP contribution in [0.2, 0.25) is 0 Å². The van der Waals surface area contributed by atoms with Gasteiger partial charge in [-0.15, -0.1) is 0 Å². The minimum atomic E-state index is -4.21. The molecule has 1 atom stereocenters. The quantitative estimate of drug-likeness (QED) is 0.515. The SMILES string of the molecule is COC(=O)c1c(C)[nH]c(C(=O)C(C)N2CCN(S(=O)(=O)c3cc(F)ccc3F)CC2)c1C. The van der Waals surface area contributed by atoms with Gasteiger partial charge in [0.2, 0.25) is 10.0 Å². The molecule has 3 rings (SSSR count). The zero-order valence-electron chi connectivity index (χ0n) is 18.2. The van der Waals surface area contributed by atoms with Gasteiger partial charge in [-0.2, -0.15) is 4.31 Å². The van der Waals surface area contributed by atoms with Gasteiger partial charge in [0.05, 0.1) is 24.4 Å². The van der Waals surface area contributed by atoms with E-state index >= 15 is 0 Å². The van der Waals surface area contributed by atoms with Crippen LogP contribution in [-0.4, -0.2) is 73.7 Å². The van der Waals surface area contributed by atoms with Gasteiger partial charge < -0.3 is 9.72 Å². The largest absolute Gasteiger partial charge is 0.465 e. The first-order valence-corrected chi connectivity index (χ1v) is 11.4. The fraction of sp³-hybridized carbons (Fsp3) is 0.429. The molecule has 0 saturated carbocycles. The molecule has 1 aliphatic heterocycles. The van der Waals surface area contributed by atoms with E-state index in [1.807, 2.05) is 4.90 Å². The van der Waals surface area contributed by atoms with E-state index in [1.165, 1.54) is 7.11 Å². The monoisotopic (exact) mass is 469 g/mol. The van der Waals surface area contributed by atoms with Crippen LogP contribution in [0.4, 0.5) is 8.78 Å². The number of H-pyrrole nitrogens is 1. The van der Waals surface area contributed by atoms with Crippen molar-refractivity contribution in [1.29, 1.82) is 0 Å². The highest BCUT2D eigenvalue weighted by Gasteiger charge is 2.35. The zero-order chi connectivity index (χ0) is 23.8. The van der Waals surface area contributed by atoms with E-state index in [0.29, 0.717) is 28.6 Å². The average molecular weight is 470 g/mol. The molecule has 2 aromatic rings. The summed E-state index contributed by atoms with van der Waals surface area (Å²) in [6.45, 7) is 5.53. The van der Waals surface area contributed by atoms with Crippen molar-refractivity contribution in [3.05, 3.63) is 52.3 Å². The van der Waals surface area contributed by atoms with E-state index in [2.05, 4.69) is 4.98 Å². The molecular weight excluding hydrogens is 444 g/mol. The second kappa shape index (κ2) is 9.08. The molecule has 1 unspecified atom stereocenters. The number of piperazine rings is 1. The highest BCUT2D eigenvalue weighted by molar-refractivity contribution is 7.89. The maximum absolute atomic E-state index is 14.0. The van der Waals surface area contributed by atoms with Crippen LogP contribution in [0.5, 0.6) is 0 Å². The second-order valence-corrected chi connectivity index (χ2v) is 9.58. The van der Waals surface area contributed by atoms with Crippen molar-refractivity contribution in [2.45, 2.75) is 31.7 Å². The number of aromatic nitrogens is 1. The van der Waals surface area contributed by atoms with Gasteiger partial charge in [-0.1, -0.05) is 0 Å².